The van der Waals surface area contributed by atoms with Crippen molar-refractivity contribution in [1.82, 2.24) is 20.6 Å². The molecule has 0 spiro atoms. The number of amides is 1. The minimum Gasteiger partial charge on any atom is -0.494 e. The summed E-state index contributed by atoms with van der Waals surface area (Å²) in [5.74, 6) is -0.178. The summed E-state index contributed by atoms with van der Waals surface area (Å²) in [6.07, 6.45) is 2.69. The summed E-state index contributed by atoms with van der Waals surface area (Å²) >= 11 is 5.75. The zero-order chi connectivity index (χ0) is 20.5. The average Bonchev–Trinajstić information content (AvgIpc) is 2.66. The lowest BCUT2D eigenvalue weighted by Crippen LogP contribution is -2.41. The number of aromatic nitrogens is 2. The van der Waals surface area contributed by atoms with Gasteiger partial charge in [0.05, 0.1) is 6.61 Å². The number of aryl methyl sites for hydroxylation is 1. The Morgan fingerprint density at radius 3 is 2.57 bits per heavy atom. The fraction of sp³-hybridized carbons (Fsp3) is 0.333. The Morgan fingerprint density at radius 2 is 1.89 bits per heavy atom. The van der Waals surface area contributed by atoms with E-state index in [2.05, 4.69) is 20.6 Å². The van der Waals surface area contributed by atoms with Crippen molar-refractivity contribution in [3.8, 4) is 5.75 Å². The molecule has 2 rings (SSSR count). The molecule has 0 saturated carbocycles. The number of carbonyl (C=O) groups excluding carboxylic acids is 1. The van der Waals surface area contributed by atoms with E-state index in [-0.39, 0.29) is 28.4 Å². The molecular weight excluding hydrogens is 382 g/mol. The third kappa shape index (κ3) is 6.27. The second kappa shape index (κ2) is 10.3. The van der Waals surface area contributed by atoms with Crippen molar-refractivity contribution in [2.75, 3.05) is 24.6 Å². The molecule has 1 heterocycles. The van der Waals surface area contributed by atoms with Crippen molar-refractivity contribution in [3.05, 3.63) is 40.7 Å². The van der Waals surface area contributed by atoms with Crippen LogP contribution in [-0.2, 0) is 6.42 Å². The summed E-state index contributed by atoms with van der Waals surface area (Å²) < 4.78 is 5.42. The average molecular weight is 406 g/mol. The van der Waals surface area contributed by atoms with Gasteiger partial charge in [0.1, 0.15) is 5.75 Å². The second-order valence-corrected chi connectivity index (χ2v) is 6.28. The number of benzene rings is 1. The highest BCUT2D eigenvalue weighted by Crippen LogP contribution is 2.17. The summed E-state index contributed by atoms with van der Waals surface area (Å²) in [6.45, 7) is 3.14. The van der Waals surface area contributed by atoms with Crippen molar-refractivity contribution in [2.45, 2.75) is 26.2 Å². The maximum absolute atomic E-state index is 12.1. The Kier molecular flexibility index (Phi) is 7.82. The highest BCUT2D eigenvalue weighted by Gasteiger charge is 2.16. The van der Waals surface area contributed by atoms with Crippen molar-refractivity contribution >= 4 is 35.1 Å². The van der Waals surface area contributed by atoms with Gasteiger partial charge in [-0.15, -0.1) is 0 Å². The van der Waals surface area contributed by atoms with Crippen LogP contribution in [0.4, 0.5) is 11.6 Å². The molecule has 0 unspecified atom stereocenters. The van der Waals surface area contributed by atoms with Gasteiger partial charge in [-0.05, 0) is 43.9 Å². The zero-order valence-corrected chi connectivity index (χ0v) is 16.3. The molecule has 0 radical (unpaired) electrons. The van der Waals surface area contributed by atoms with Gasteiger partial charge in [0.25, 0.3) is 5.91 Å². The number of hydrogen-bond acceptors (Lipinski definition) is 7. The van der Waals surface area contributed by atoms with E-state index in [0.717, 1.165) is 25.0 Å². The lowest BCUT2D eigenvalue weighted by Gasteiger charge is -2.10. The number of nitrogens with zero attached hydrogens (tertiary/aromatic N) is 2. The normalized spacial score (nSPS) is 10.4. The molecule has 0 aliphatic carbocycles. The van der Waals surface area contributed by atoms with E-state index in [9.17, 15) is 4.79 Å². The number of hydrogen-bond donors (Lipinski definition) is 5. The van der Waals surface area contributed by atoms with Crippen LogP contribution in [0.25, 0.3) is 0 Å². The number of nitrogen functional groups attached to an aromatic ring is 2. The topological polar surface area (TPSA) is 152 Å². The molecular formula is C18H24ClN7O2. The molecule has 150 valence electrons. The van der Waals surface area contributed by atoms with Crippen LogP contribution < -0.4 is 26.8 Å². The van der Waals surface area contributed by atoms with Gasteiger partial charge >= 0.3 is 0 Å². The molecule has 7 N–H and O–H groups in total. The first-order valence-corrected chi connectivity index (χ1v) is 9.22. The number of guanidine groups is 1. The minimum absolute atomic E-state index is 0.0588. The predicted octanol–water partition coefficient (Wildman–Crippen LogP) is 1.97. The van der Waals surface area contributed by atoms with Gasteiger partial charge in [0.2, 0.25) is 0 Å². The van der Waals surface area contributed by atoms with E-state index < -0.39 is 5.91 Å². The first kappa shape index (κ1) is 21.2. The standard InChI is InChI=1S/C18H24ClN7O2/c1-2-28-12-8-6-11(7-9-12)5-3-4-10-23-18(22)26-17(27)13-15(20)25-16(21)14(19)24-13/h6-9H,2-5,10H2,1H3,(H4,20,21,25)(H3,22,23,26,27). The molecule has 1 aromatic carbocycles. The van der Waals surface area contributed by atoms with E-state index in [1.54, 1.807) is 0 Å². The van der Waals surface area contributed by atoms with Crippen LogP contribution in [0.15, 0.2) is 24.3 Å². The summed E-state index contributed by atoms with van der Waals surface area (Å²) in [6, 6.07) is 8.01. The number of carbonyl (C=O) groups is 1. The molecule has 9 nitrogen and oxygen atoms in total. The van der Waals surface area contributed by atoms with E-state index in [4.69, 9.17) is 33.2 Å². The predicted molar refractivity (Wildman–Crippen MR) is 110 cm³/mol. The van der Waals surface area contributed by atoms with E-state index in [1.807, 2.05) is 31.2 Å². The Bertz CT molecular complexity index is 827. The summed E-state index contributed by atoms with van der Waals surface area (Å²) in [4.78, 5) is 19.6. The second-order valence-electron chi connectivity index (χ2n) is 5.92. The Labute approximate surface area is 168 Å². The fourth-order valence-electron chi connectivity index (χ4n) is 2.41. The highest BCUT2D eigenvalue weighted by molar-refractivity contribution is 6.31. The lowest BCUT2D eigenvalue weighted by atomic mass is 10.1. The number of rotatable bonds is 8. The monoisotopic (exact) mass is 405 g/mol. The first-order valence-electron chi connectivity index (χ1n) is 8.84. The van der Waals surface area contributed by atoms with Crippen molar-refractivity contribution in [1.29, 1.82) is 5.41 Å². The number of nitrogens with two attached hydrogens (primary N) is 2. The van der Waals surface area contributed by atoms with Gasteiger partial charge < -0.3 is 21.5 Å². The van der Waals surface area contributed by atoms with Gasteiger partial charge in [0.15, 0.2) is 28.4 Å². The van der Waals surface area contributed by atoms with Crippen LogP contribution in [0.3, 0.4) is 0 Å². The number of halogens is 1. The number of ether oxygens (including phenoxy) is 1. The summed E-state index contributed by atoms with van der Waals surface area (Å²) in [7, 11) is 0. The van der Waals surface area contributed by atoms with Crippen LogP contribution in [0.5, 0.6) is 5.75 Å². The van der Waals surface area contributed by atoms with Crippen LogP contribution in [0.1, 0.15) is 35.8 Å². The van der Waals surface area contributed by atoms with Gasteiger partial charge in [-0.25, -0.2) is 9.97 Å². The Hall–Kier alpha value is -3.07. The fourth-order valence-corrected chi connectivity index (χ4v) is 2.54. The molecule has 2 aromatic rings. The van der Waals surface area contributed by atoms with Crippen LogP contribution >= 0.6 is 11.6 Å². The molecule has 28 heavy (non-hydrogen) atoms. The van der Waals surface area contributed by atoms with Crippen LogP contribution in [0, 0.1) is 5.41 Å². The van der Waals surface area contributed by atoms with Gasteiger partial charge in [-0.2, -0.15) is 0 Å². The van der Waals surface area contributed by atoms with Crippen molar-refractivity contribution < 1.29 is 9.53 Å². The number of nitrogens with one attached hydrogen (secondary N) is 3. The lowest BCUT2D eigenvalue weighted by molar-refractivity contribution is 0.0971. The molecule has 0 saturated heterocycles. The molecule has 10 heteroatoms. The SMILES string of the molecule is CCOc1ccc(CCCCNC(=N)NC(=O)c2nc(Cl)c(N)nc2N)cc1. The minimum atomic E-state index is -0.682. The Balaban J connectivity index is 1.70. The highest BCUT2D eigenvalue weighted by atomic mass is 35.5. The first-order chi connectivity index (χ1) is 13.4. The molecule has 0 fully saturated rings. The third-order valence-electron chi connectivity index (χ3n) is 3.79. The number of unbranched alkanes of at least 4 members (excludes halogenated alkanes) is 1. The largest absolute Gasteiger partial charge is 0.494 e. The van der Waals surface area contributed by atoms with Crippen molar-refractivity contribution in [3.63, 3.8) is 0 Å². The molecule has 1 aromatic heterocycles. The third-order valence-corrected chi connectivity index (χ3v) is 4.06. The van der Waals surface area contributed by atoms with Crippen LogP contribution in [-0.4, -0.2) is 35.0 Å². The van der Waals surface area contributed by atoms with Crippen LogP contribution in [0.2, 0.25) is 5.15 Å². The van der Waals surface area contributed by atoms with E-state index in [1.165, 1.54) is 5.56 Å². The summed E-state index contributed by atoms with van der Waals surface area (Å²) in [5.41, 5.74) is 12.1. The van der Waals surface area contributed by atoms with Crippen molar-refractivity contribution in [2.24, 2.45) is 0 Å². The smallest absolute Gasteiger partial charge is 0.280 e. The molecule has 0 aliphatic rings. The van der Waals surface area contributed by atoms with Gasteiger partial charge in [-0.1, -0.05) is 23.7 Å². The number of anilines is 2. The van der Waals surface area contributed by atoms with Gasteiger partial charge in [-0.3, -0.25) is 15.5 Å². The van der Waals surface area contributed by atoms with E-state index in [0.29, 0.717) is 13.2 Å². The Morgan fingerprint density at radius 1 is 1.18 bits per heavy atom. The quantitative estimate of drug-likeness (QED) is 0.255. The molecule has 1 amide bonds. The maximum Gasteiger partial charge on any atom is 0.280 e. The zero-order valence-electron chi connectivity index (χ0n) is 15.6. The molecule has 0 atom stereocenters. The molecule has 0 aliphatic heterocycles. The van der Waals surface area contributed by atoms with Gasteiger partial charge in [0, 0.05) is 6.54 Å². The van der Waals surface area contributed by atoms with E-state index >= 15 is 0 Å². The molecule has 0 bridgehead atoms. The maximum atomic E-state index is 12.1. The summed E-state index contributed by atoms with van der Waals surface area (Å²) in [5, 5.41) is 12.8.